The van der Waals surface area contributed by atoms with E-state index in [1.807, 2.05) is 36.0 Å². The first-order valence-corrected chi connectivity index (χ1v) is 12.3. The molecule has 194 valence electrons. The number of benzene rings is 1. The first-order valence-electron chi connectivity index (χ1n) is 12.3. The number of anilines is 2. The molecule has 1 aromatic carbocycles. The largest absolute Gasteiger partial charge is 0.378 e. The number of ether oxygens (including phenoxy) is 1. The standard InChI is InChI=1S/C25H27N11O2/c1-3-17(22(26)37)15-4-5-18-19(10-15)31-20(30-18)12-27-23-21-24(33-25(32-23)35-6-8-38-9-7-35)36(14-28-21)16-11-29-34(2)13-16/h3-5,10-11,13-14H,6-9,12H2,1-2H3,(H2,26,37)(H,30,31)(H,27,32,33). The molecule has 4 N–H and O–H groups in total. The Labute approximate surface area is 217 Å². The number of aryl methyl sites for hydroxylation is 1. The van der Waals surface area contributed by atoms with Crippen LogP contribution in [0.15, 0.2) is 43.0 Å². The molecule has 0 unspecified atom stereocenters. The Morgan fingerprint density at radius 2 is 2.08 bits per heavy atom. The third-order valence-electron chi connectivity index (χ3n) is 6.47. The van der Waals surface area contributed by atoms with Gasteiger partial charge >= 0.3 is 0 Å². The van der Waals surface area contributed by atoms with E-state index < -0.39 is 5.91 Å². The van der Waals surface area contributed by atoms with Gasteiger partial charge in [-0.15, -0.1) is 0 Å². The van der Waals surface area contributed by atoms with E-state index in [9.17, 15) is 4.79 Å². The molecule has 0 radical (unpaired) electrons. The first kappa shape index (κ1) is 23.6. The van der Waals surface area contributed by atoms with E-state index in [1.165, 1.54) is 0 Å². The van der Waals surface area contributed by atoms with Crippen LogP contribution in [0.3, 0.4) is 0 Å². The van der Waals surface area contributed by atoms with Gasteiger partial charge in [-0.05, 0) is 24.6 Å². The number of morpholine rings is 1. The van der Waals surface area contributed by atoms with Crippen LogP contribution in [0.1, 0.15) is 18.3 Å². The summed E-state index contributed by atoms with van der Waals surface area (Å²) in [4.78, 5) is 36.2. The fourth-order valence-corrected chi connectivity index (χ4v) is 4.57. The van der Waals surface area contributed by atoms with Gasteiger partial charge in [-0.3, -0.25) is 14.0 Å². The molecule has 0 aliphatic carbocycles. The predicted octanol–water partition coefficient (Wildman–Crippen LogP) is 1.76. The van der Waals surface area contributed by atoms with Gasteiger partial charge in [-0.1, -0.05) is 12.1 Å². The minimum Gasteiger partial charge on any atom is -0.378 e. The molecule has 13 nitrogen and oxygen atoms in total. The van der Waals surface area contributed by atoms with Crippen molar-refractivity contribution < 1.29 is 9.53 Å². The minimum absolute atomic E-state index is 0.380. The fourth-order valence-electron chi connectivity index (χ4n) is 4.57. The molecule has 1 aliphatic rings. The molecule has 5 aromatic rings. The summed E-state index contributed by atoms with van der Waals surface area (Å²) in [6.45, 7) is 4.82. The molecule has 0 atom stereocenters. The van der Waals surface area contributed by atoms with Crippen LogP contribution in [0.4, 0.5) is 11.8 Å². The van der Waals surface area contributed by atoms with Crippen molar-refractivity contribution in [2.45, 2.75) is 13.5 Å². The van der Waals surface area contributed by atoms with E-state index >= 15 is 0 Å². The maximum atomic E-state index is 11.8. The number of nitrogens with two attached hydrogens (primary N) is 1. The van der Waals surface area contributed by atoms with Gasteiger partial charge in [0.25, 0.3) is 0 Å². The molecule has 0 saturated carbocycles. The summed E-state index contributed by atoms with van der Waals surface area (Å²) in [6, 6.07) is 5.58. The SMILES string of the molecule is CC=C(C(N)=O)c1ccc2nc(CNc3nc(N4CCOCC4)nc4c3ncn4-c3cnn(C)c3)[nH]c2c1. The Bertz CT molecular complexity index is 1670. The summed E-state index contributed by atoms with van der Waals surface area (Å²) in [5.74, 6) is 1.45. The number of H-pyrrole nitrogens is 1. The summed E-state index contributed by atoms with van der Waals surface area (Å²) >= 11 is 0. The van der Waals surface area contributed by atoms with Crippen LogP contribution >= 0.6 is 0 Å². The quantitative estimate of drug-likeness (QED) is 0.276. The Kier molecular flexibility index (Phi) is 5.96. The van der Waals surface area contributed by atoms with Crippen LogP contribution in [0, 0.1) is 0 Å². The molecule has 4 aromatic heterocycles. The van der Waals surface area contributed by atoms with E-state index in [-0.39, 0.29) is 0 Å². The van der Waals surface area contributed by atoms with E-state index in [4.69, 9.17) is 20.4 Å². The highest BCUT2D eigenvalue weighted by Crippen LogP contribution is 2.26. The number of allylic oxidation sites excluding steroid dienone is 1. The van der Waals surface area contributed by atoms with Crippen molar-refractivity contribution in [3.8, 4) is 5.69 Å². The Morgan fingerprint density at radius 3 is 2.82 bits per heavy atom. The van der Waals surface area contributed by atoms with Crippen LogP contribution in [0.5, 0.6) is 0 Å². The summed E-state index contributed by atoms with van der Waals surface area (Å²) in [5, 5.41) is 7.68. The average Bonchev–Trinajstić information content (AvgIpc) is 3.65. The number of nitrogens with one attached hydrogen (secondary N) is 2. The van der Waals surface area contributed by atoms with E-state index in [0.717, 1.165) is 22.3 Å². The molecule has 38 heavy (non-hydrogen) atoms. The zero-order chi connectivity index (χ0) is 26.2. The summed E-state index contributed by atoms with van der Waals surface area (Å²) in [5.41, 5.74) is 10.5. The molecule has 1 aliphatic heterocycles. The number of carbonyl (C=O) groups is 1. The maximum absolute atomic E-state index is 11.8. The molecule has 1 fully saturated rings. The van der Waals surface area contributed by atoms with Gasteiger partial charge in [0.05, 0.1) is 42.7 Å². The zero-order valence-corrected chi connectivity index (χ0v) is 21.0. The lowest BCUT2D eigenvalue weighted by Gasteiger charge is -2.27. The van der Waals surface area contributed by atoms with Crippen LogP contribution in [-0.2, 0) is 23.1 Å². The summed E-state index contributed by atoms with van der Waals surface area (Å²) < 4.78 is 9.15. The molecule has 0 spiro atoms. The molecular weight excluding hydrogens is 486 g/mol. The van der Waals surface area contributed by atoms with E-state index in [2.05, 4.69) is 30.3 Å². The molecule has 6 rings (SSSR count). The van der Waals surface area contributed by atoms with Crippen molar-refractivity contribution in [2.75, 3.05) is 36.5 Å². The monoisotopic (exact) mass is 513 g/mol. The minimum atomic E-state index is -0.470. The molecule has 0 bridgehead atoms. The lowest BCUT2D eigenvalue weighted by molar-refractivity contribution is -0.112. The second-order valence-electron chi connectivity index (χ2n) is 8.97. The number of hydrogen-bond acceptors (Lipinski definition) is 9. The highest BCUT2D eigenvalue weighted by molar-refractivity contribution is 6.19. The van der Waals surface area contributed by atoms with E-state index in [1.54, 1.807) is 30.2 Å². The smallest absolute Gasteiger partial charge is 0.248 e. The van der Waals surface area contributed by atoms with Crippen molar-refractivity contribution in [1.82, 2.24) is 39.3 Å². The number of imidazole rings is 2. The third-order valence-corrected chi connectivity index (χ3v) is 6.47. The number of primary amides is 1. The normalized spacial score (nSPS) is 14.5. The zero-order valence-electron chi connectivity index (χ0n) is 21.0. The molecule has 1 amide bonds. The van der Waals surface area contributed by atoms with Gasteiger partial charge in [0.1, 0.15) is 12.2 Å². The lowest BCUT2D eigenvalue weighted by atomic mass is 10.0. The highest BCUT2D eigenvalue weighted by atomic mass is 16.5. The van der Waals surface area contributed by atoms with Crippen molar-refractivity contribution >= 4 is 45.4 Å². The topological polar surface area (TPSA) is 158 Å². The van der Waals surface area contributed by atoms with Gasteiger partial charge in [-0.2, -0.15) is 15.1 Å². The second kappa shape index (κ2) is 9.59. The molecule has 13 heteroatoms. The van der Waals surface area contributed by atoms with Gasteiger partial charge in [0.2, 0.25) is 11.9 Å². The van der Waals surface area contributed by atoms with Crippen molar-refractivity contribution in [3.63, 3.8) is 0 Å². The second-order valence-corrected chi connectivity index (χ2v) is 8.97. The van der Waals surface area contributed by atoms with Gasteiger partial charge < -0.3 is 25.7 Å². The van der Waals surface area contributed by atoms with E-state index in [0.29, 0.717) is 67.2 Å². The summed E-state index contributed by atoms with van der Waals surface area (Å²) in [7, 11) is 1.87. The lowest BCUT2D eigenvalue weighted by Crippen LogP contribution is -2.37. The number of rotatable bonds is 7. The van der Waals surface area contributed by atoms with Gasteiger partial charge in [0, 0.05) is 31.9 Å². The maximum Gasteiger partial charge on any atom is 0.248 e. The summed E-state index contributed by atoms with van der Waals surface area (Å²) in [6.07, 6.45) is 7.11. The average molecular weight is 514 g/mol. The Hall–Kier alpha value is -4.78. The van der Waals surface area contributed by atoms with Crippen LogP contribution < -0.4 is 16.0 Å². The van der Waals surface area contributed by atoms with Crippen LogP contribution in [0.2, 0.25) is 0 Å². The molecule has 5 heterocycles. The predicted molar refractivity (Wildman–Crippen MR) is 143 cm³/mol. The number of carbonyl (C=O) groups excluding carboxylic acids is 1. The Morgan fingerprint density at radius 1 is 1.24 bits per heavy atom. The van der Waals surface area contributed by atoms with Crippen molar-refractivity contribution in [3.05, 3.63) is 54.4 Å². The molecular formula is C25H27N11O2. The number of amides is 1. The van der Waals surface area contributed by atoms with Gasteiger partial charge in [0.15, 0.2) is 17.0 Å². The van der Waals surface area contributed by atoms with Gasteiger partial charge in [-0.25, -0.2) is 9.97 Å². The third kappa shape index (κ3) is 4.32. The number of nitrogens with zero attached hydrogens (tertiary/aromatic N) is 8. The van der Waals surface area contributed by atoms with Crippen LogP contribution in [-0.4, -0.2) is 71.5 Å². The number of aromatic nitrogens is 8. The number of hydrogen-bond donors (Lipinski definition) is 3. The first-order chi connectivity index (χ1) is 18.5. The highest BCUT2D eigenvalue weighted by Gasteiger charge is 2.20. The number of fused-ring (bicyclic) bond motifs is 2. The van der Waals surface area contributed by atoms with Crippen molar-refractivity contribution in [2.24, 2.45) is 12.8 Å². The van der Waals surface area contributed by atoms with Crippen molar-refractivity contribution in [1.29, 1.82) is 0 Å². The number of aromatic amines is 1. The molecule has 1 saturated heterocycles. The fraction of sp³-hybridized carbons (Fsp3) is 0.280. The Balaban J connectivity index is 1.34. The van der Waals surface area contributed by atoms with Crippen LogP contribution in [0.25, 0.3) is 33.5 Å².